The standard InChI is InChI=1S/C15H23NO2/c1-11-4-6-15(18,7-5-11)10-16-12(2)8-14(17)9-13(16)3/h8-9,11,18H,4-7,10H2,1-3H3. The molecular formula is C15H23NO2. The Morgan fingerprint density at radius 2 is 1.78 bits per heavy atom. The third-order valence-corrected chi connectivity index (χ3v) is 4.21. The van der Waals surface area contributed by atoms with Crippen molar-refractivity contribution in [2.45, 2.75) is 58.6 Å². The van der Waals surface area contributed by atoms with Gasteiger partial charge in [-0.2, -0.15) is 0 Å². The highest BCUT2D eigenvalue weighted by molar-refractivity contribution is 5.13. The largest absolute Gasteiger partial charge is 0.388 e. The highest BCUT2D eigenvalue weighted by atomic mass is 16.3. The van der Waals surface area contributed by atoms with E-state index in [1.54, 1.807) is 12.1 Å². The molecule has 2 rings (SSSR count). The van der Waals surface area contributed by atoms with Crippen molar-refractivity contribution in [2.75, 3.05) is 0 Å². The molecule has 0 aromatic carbocycles. The van der Waals surface area contributed by atoms with Gasteiger partial charge >= 0.3 is 0 Å². The second-order valence-corrected chi connectivity index (χ2v) is 5.97. The number of aromatic nitrogens is 1. The van der Waals surface area contributed by atoms with Crippen molar-refractivity contribution in [3.05, 3.63) is 33.7 Å². The van der Waals surface area contributed by atoms with Gasteiger partial charge in [0.05, 0.1) is 12.1 Å². The second-order valence-electron chi connectivity index (χ2n) is 5.97. The Hall–Kier alpha value is -1.09. The van der Waals surface area contributed by atoms with E-state index in [-0.39, 0.29) is 5.43 Å². The number of aryl methyl sites for hydroxylation is 2. The van der Waals surface area contributed by atoms with Crippen LogP contribution in [0.5, 0.6) is 0 Å². The zero-order valence-electron chi connectivity index (χ0n) is 11.6. The van der Waals surface area contributed by atoms with Crippen molar-refractivity contribution in [2.24, 2.45) is 5.92 Å². The topological polar surface area (TPSA) is 42.2 Å². The van der Waals surface area contributed by atoms with Crippen LogP contribution in [-0.4, -0.2) is 15.3 Å². The number of pyridine rings is 1. The molecule has 0 bridgehead atoms. The van der Waals surface area contributed by atoms with Crippen LogP contribution in [0, 0.1) is 19.8 Å². The minimum absolute atomic E-state index is 0.0468. The molecule has 0 amide bonds. The molecule has 0 saturated heterocycles. The van der Waals surface area contributed by atoms with Gasteiger partial charge in [-0.05, 0) is 45.4 Å². The molecule has 1 fully saturated rings. The lowest BCUT2D eigenvalue weighted by Crippen LogP contribution is -2.39. The summed E-state index contributed by atoms with van der Waals surface area (Å²) in [5, 5.41) is 10.7. The summed E-state index contributed by atoms with van der Waals surface area (Å²) in [7, 11) is 0. The van der Waals surface area contributed by atoms with Crippen molar-refractivity contribution in [1.29, 1.82) is 0 Å². The average Bonchev–Trinajstić information content (AvgIpc) is 2.28. The predicted molar refractivity (Wildman–Crippen MR) is 72.8 cm³/mol. The summed E-state index contributed by atoms with van der Waals surface area (Å²) in [4.78, 5) is 11.4. The fourth-order valence-electron chi connectivity index (χ4n) is 2.89. The molecule has 0 radical (unpaired) electrons. The molecule has 1 heterocycles. The Kier molecular flexibility index (Phi) is 3.62. The van der Waals surface area contributed by atoms with Crippen LogP contribution in [0.15, 0.2) is 16.9 Å². The maximum atomic E-state index is 11.4. The van der Waals surface area contributed by atoms with Gasteiger partial charge in [0.2, 0.25) is 0 Å². The Bertz CT molecular complexity index is 456. The summed E-state index contributed by atoms with van der Waals surface area (Å²) in [6.07, 6.45) is 3.90. The Balaban J connectivity index is 2.21. The van der Waals surface area contributed by atoms with Gasteiger partial charge in [-0.15, -0.1) is 0 Å². The summed E-state index contributed by atoms with van der Waals surface area (Å²) < 4.78 is 2.07. The molecule has 0 aliphatic heterocycles. The minimum atomic E-state index is -0.600. The van der Waals surface area contributed by atoms with Crippen LogP contribution in [0.2, 0.25) is 0 Å². The van der Waals surface area contributed by atoms with Crippen molar-refractivity contribution < 1.29 is 5.11 Å². The van der Waals surface area contributed by atoms with Gasteiger partial charge in [0.25, 0.3) is 0 Å². The highest BCUT2D eigenvalue weighted by Gasteiger charge is 2.32. The number of hydrogen-bond donors (Lipinski definition) is 1. The lowest BCUT2D eigenvalue weighted by molar-refractivity contribution is -0.0226. The minimum Gasteiger partial charge on any atom is -0.388 e. The summed E-state index contributed by atoms with van der Waals surface area (Å²) in [5.74, 6) is 0.724. The van der Waals surface area contributed by atoms with Crippen LogP contribution in [0.25, 0.3) is 0 Å². The van der Waals surface area contributed by atoms with Gasteiger partial charge in [0, 0.05) is 23.5 Å². The normalized spacial score (nSPS) is 28.3. The smallest absolute Gasteiger partial charge is 0.182 e. The van der Waals surface area contributed by atoms with Crippen molar-refractivity contribution in [3.8, 4) is 0 Å². The molecule has 1 aliphatic rings. The predicted octanol–water partition coefficient (Wildman–Crippen LogP) is 2.41. The van der Waals surface area contributed by atoms with E-state index < -0.39 is 5.60 Å². The maximum Gasteiger partial charge on any atom is 0.182 e. The van der Waals surface area contributed by atoms with E-state index in [4.69, 9.17) is 0 Å². The van der Waals surface area contributed by atoms with Crippen LogP contribution >= 0.6 is 0 Å². The van der Waals surface area contributed by atoms with E-state index in [0.717, 1.165) is 43.0 Å². The van der Waals surface area contributed by atoms with E-state index in [0.29, 0.717) is 6.54 Å². The molecule has 1 N–H and O–H groups in total. The Morgan fingerprint density at radius 3 is 2.28 bits per heavy atom. The van der Waals surface area contributed by atoms with Crippen LogP contribution in [0.1, 0.15) is 44.0 Å². The molecule has 1 aliphatic carbocycles. The van der Waals surface area contributed by atoms with Crippen LogP contribution in [-0.2, 0) is 6.54 Å². The lowest BCUT2D eigenvalue weighted by Gasteiger charge is -2.36. The first-order valence-corrected chi connectivity index (χ1v) is 6.80. The van der Waals surface area contributed by atoms with Crippen molar-refractivity contribution in [3.63, 3.8) is 0 Å². The van der Waals surface area contributed by atoms with Crippen LogP contribution in [0.4, 0.5) is 0 Å². The molecule has 3 nitrogen and oxygen atoms in total. The molecular weight excluding hydrogens is 226 g/mol. The number of aliphatic hydroxyl groups is 1. The summed E-state index contributed by atoms with van der Waals surface area (Å²) in [6.45, 7) is 6.72. The zero-order valence-corrected chi connectivity index (χ0v) is 11.6. The Morgan fingerprint density at radius 1 is 1.28 bits per heavy atom. The quantitative estimate of drug-likeness (QED) is 0.874. The average molecular weight is 249 g/mol. The van der Waals surface area contributed by atoms with E-state index in [1.165, 1.54) is 0 Å². The van der Waals surface area contributed by atoms with E-state index in [9.17, 15) is 9.90 Å². The van der Waals surface area contributed by atoms with Gasteiger partial charge < -0.3 is 9.67 Å². The fraction of sp³-hybridized carbons (Fsp3) is 0.667. The van der Waals surface area contributed by atoms with Gasteiger partial charge in [-0.3, -0.25) is 4.79 Å². The maximum absolute atomic E-state index is 11.4. The van der Waals surface area contributed by atoms with Crippen LogP contribution < -0.4 is 5.43 Å². The first-order chi connectivity index (χ1) is 8.39. The second kappa shape index (κ2) is 4.88. The molecule has 0 spiro atoms. The molecule has 0 atom stereocenters. The first-order valence-electron chi connectivity index (χ1n) is 6.80. The van der Waals surface area contributed by atoms with Gasteiger partial charge in [-0.25, -0.2) is 0 Å². The van der Waals surface area contributed by atoms with Gasteiger partial charge in [-0.1, -0.05) is 6.92 Å². The molecule has 1 aromatic rings. The summed E-state index contributed by atoms with van der Waals surface area (Å²) in [6, 6.07) is 3.28. The SMILES string of the molecule is Cc1cc(=O)cc(C)n1CC1(O)CCC(C)CC1. The molecule has 3 heteroatoms. The van der Waals surface area contributed by atoms with Crippen molar-refractivity contribution >= 4 is 0 Å². The summed E-state index contributed by atoms with van der Waals surface area (Å²) in [5.41, 5.74) is 1.32. The van der Waals surface area contributed by atoms with E-state index in [1.807, 2.05) is 13.8 Å². The zero-order chi connectivity index (χ0) is 13.3. The van der Waals surface area contributed by atoms with Gasteiger partial charge in [0.1, 0.15) is 0 Å². The highest BCUT2D eigenvalue weighted by Crippen LogP contribution is 2.33. The fourth-order valence-corrected chi connectivity index (χ4v) is 2.89. The van der Waals surface area contributed by atoms with Gasteiger partial charge in [0.15, 0.2) is 5.43 Å². The molecule has 18 heavy (non-hydrogen) atoms. The number of nitrogens with zero attached hydrogens (tertiary/aromatic N) is 1. The molecule has 1 saturated carbocycles. The van der Waals surface area contributed by atoms with Crippen molar-refractivity contribution in [1.82, 2.24) is 4.57 Å². The van der Waals surface area contributed by atoms with E-state index >= 15 is 0 Å². The monoisotopic (exact) mass is 249 g/mol. The lowest BCUT2D eigenvalue weighted by atomic mass is 9.79. The molecule has 0 unspecified atom stereocenters. The third kappa shape index (κ3) is 2.83. The summed E-state index contributed by atoms with van der Waals surface area (Å²) >= 11 is 0. The molecule has 100 valence electrons. The van der Waals surface area contributed by atoms with Crippen LogP contribution in [0.3, 0.4) is 0 Å². The third-order valence-electron chi connectivity index (χ3n) is 4.21. The number of hydrogen-bond acceptors (Lipinski definition) is 2. The Labute approximate surface area is 108 Å². The first kappa shape index (κ1) is 13.3. The van der Waals surface area contributed by atoms with E-state index in [2.05, 4.69) is 11.5 Å². The number of rotatable bonds is 2. The molecule has 1 aromatic heterocycles.